The average molecular weight is 255 g/mol. The summed E-state index contributed by atoms with van der Waals surface area (Å²) in [7, 11) is 0. The Labute approximate surface area is 103 Å². The second-order valence-electron chi connectivity index (χ2n) is 4.38. The molecule has 1 saturated carbocycles. The van der Waals surface area contributed by atoms with Crippen molar-refractivity contribution in [1.29, 1.82) is 0 Å². The molecule has 17 heavy (non-hydrogen) atoms. The molecular weight excluding hydrogens is 242 g/mol. The third kappa shape index (κ3) is 2.00. The molecule has 3 aliphatic rings. The van der Waals surface area contributed by atoms with Crippen LogP contribution in [0.2, 0.25) is 0 Å². The summed E-state index contributed by atoms with van der Waals surface area (Å²) in [5.41, 5.74) is 1.06. The summed E-state index contributed by atoms with van der Waals surface area (Å²) in [5.74, 6) is -0.674. The van der Waals surface area contributed by atoms with E-state index in [4.69, 9.17) is 9.47 Å². The van der Waals surface area contributed by atoms with Crippen LogP contribution >= 0.6 is 11.8 Å². The Bertz CT molecular complexity index is 400. The highest BCUT2D eigenvalue weighted by molar-refractivity contribution is 8.18. The zero-order valence-electron chi connectivity index (χ0n) is 9.28. The number of imide groups is 1. The molecule has 2 amide bonds. The van der Waals surface area contributed by atoms with Gasteiger partial charge in [0.05, 0.1) is 18.1 Å². The molecule has 3 fully saturated rings. The minimum atomic E-state index is -0.423. The number of thioether (sulfide) groups is 1. The first-order chi connectivity index (χ1) is 8.19. The maximum absolute atomic E-state index is 11.5. The molecule has 1 aliphatic carbocycles. The van der Waals surface area contributed by atoms with Gasteiger partial charge in [-0.05, 0) is 24.6 Å². The molecule has 0 atom stereocenters. The molecule has 6 heteroatoms. The molecular formula is C11H13NO4S. The van der Waals surface area contributed by atoms with Crippen LogP contribution in [0.25, 0.3) is 0 Å². The van der Waals surface area contributed by atoms with Crippen molar-refractivity contribution in [2.75, 3.05) is 13.2 Å². The molecule has 2 saturated heterocycles. The van der Waals surface area contributed by atoms with Crippen molar-refractivity contribution in [3.05, 3.63) is 10.5 Å². The van der Waals surface area contributed by atoms with Gasteiger partial charge >= 0.3 is 0 Å². The highest BCUT2D eigenvalue weighted by Gasteiger charge is 2.40. The number of nitrogens with one attached hydrogen (secondary N) is 1. The van der Waals surface area contributed by atoms with Gasteiger partial charge in [-0.25, -0.2) is 0 Å². The fourth-order valence-electron chi connectivity index (χ4n) is 2.49. The minimum absolute atomic E-state index is 0.251. The fourth-order valence-corrected chi connectivity index (χ4v) is 3.31. The van der Waals surface area contributed by atoms with Gasteiger partial charge in [-0.3, -0.25) is 14.9 Å². The first-order valence-electron chi connectivity index (χ1n) is 5.72. The number of carbonyl (C=O) groups is 2. The van der Waals surface area contributed by atoms with Crippen LogP contribution in [0.4, 0.5) is 4.79 Å². The van der Waals surface area contributed by atoms with Gasteiger partial charge in [-0.2, -0.15) is 0 Å². The molecule has 2 aliphatic heterocycles. The minimum Gasteiger partial charge on any atom is -0.348 e. The van der Waals surface area contributed by atoms with Crippen LogP contribution in [0.1, 0.15) is 25.7 Å². The van der Waals surface area contributed by atoms with Gasteiger partial charge in [0.15, 0.2) is 5.79 Å². The van der Waals surface area contributed by atoms with Crippen LogP contribution in [-0.2, 0) is 14.3 Å². The van der Waals surface area contributed by atoms with Crippen molar-refractivity contribution < 1.29 is 19.1 Å². The molecule has 0 bridgehead atoms. The molecule has 0 aromatic carbocycles. The van der Waals surface area contributed by atoms with Crippen LogP contribution in [-0.4, -0.2) is 30.1 Å². The fraction of sp³-hybridized carbons (Fsp3) is 0.636. The Hall–Kier alpha value is -0.850. The SMILES string of the molecule is O=C1NC(=O)C(=C2CCC3(CC2)OCCO3)S1. The Morgan fingerprint density at radius 1 is 1.12 bits per heavy atom. The average Bonchev–Trinajstić information content (AvgIpc) is 2.88. The van der Waals surface area contributed by atoms with Gasteiger partial charge in [-0.15, -0.1) is 0 Å². The summed E-state index contributed by atoms with van der Waals surface area (Å²) >= 11 is 1.01. The predicted octanol–water partition coefficient (Wildman–Crippen LogP) is 1.54. The lowest BCUT2D eigenvalue weighted by Gasteiger charge is -2.32. The summed E-state index contributed by atoms with van der Waals surface area (Å²) in [6.45, 7) is 1.30. The topological polar surface area (TPSA) is 64.6 Å². The number of allylic oxidation sites excluding steroid dienone is 1. The van der Waals surface area contributed by atoms with Crippen LogP contribution in [0.3, 0.4) is 0 Å². The lowest BCUT2D eigenvalue weighted by atomic mass is 9.89. The number of hydrogen-bond acceptors (Lipinski definition) is 5. The van der Waals surface area contributed by atoms with Crippen LogP contribution in [0.15, 0.2) is 10.5 Å². The highest BCUT2D eigenvalue weighted by atomic mass is 32.2. The molecule has 3 rings (SSSR count). The van der Waals surface area contributed by atoms with E-state index in [1.165, 1.54) is 0 Å². The number of amides is 2. The molecule has 2 heterocycles. The normalized spacial score (nSPS) is 28.0. The summed E-state index contributed by atoms with van der Waals surface area (Å²) in [4.78, 5) is 23.2. The Morgan fingerprint density at radius 3 is 2.29 bits per heavy atom. The maximum Gasteiger partial charge on any atom is 0.290 e. The molecule has 5 nitrogen and oxygen atoms in total. The zero-order valence-corrected chi connectivity index (χ0v) is 10.1. The van der Waals surface area contributed by atoms with E-state index >= 15 is 0 Å². The lowest BCUT2D eigenvalue weighted by Crippen LogP contribution is -2.33. The monoisotopic (exact) mass is 255 g/mol. The third-order valence-electron chi connectivity index (χ3n) is 3.37. The first-order valence-corrected chi connectivity index (χ1v) is 6.53. The molecule has 0 unspecified atom stereocenters. The standard InChI is InChI=1S/C11H13NO4S/c13-9-8(17-10(14)12-9)7-1-3-11(4-2-7)15-5-6-16-11/h1-6H2,(H,12,13,14). The molecule has 1 spiro atoms. The van der Waals surface area contributed by atoms with Gasteiger partial charge < -0.3 is 9.47 Å². The van der Waals surface area contributed by atoms with Gasteiger partial charge in [0.1, 0.15) is 0 Å². The van der Waals surface area contributed by atoms with E-state index in [1.807, 2.05) is 0 Å². The van der Waals surface area contributed by atoms with E-state index in [-0.39, 0.29) is 11.1 Å². The Morgan fingerprint density at radius 2 is 1.76 bits per heavy atom. The van der Waals surface area contributed by atoms with E-state index in [1.54, 1.807) is 0 Å². The van der Waals surface area contributed by atoms with Gasteiger partial charge in [0.2, 0.25) is 0 Å². The van der Waals surface area contributed by atoms with E-state index in [0.29, 0.717) is 18.1 Å². The summed E-state index contributed by atoms with van der Waals surface area (Å²) in [6, 6.07) is 0. The second kappa shape index (κ2) is 4.12. The molecule has 0 aromatic rings. The Balaban J connectivity index is 1.74. The van der Waals surface area contributed by atoms with Gasteiger partial charge in [-0.1, -0.05) is 5.57 Å². The largest absolute Gasteiger partial charge is 0.348 e. The lowest BCUT2D eigenvalue weighted by molar-refractivity contribution is -0.171. The first kappa shape index (κ1) is 11.3. The van der Waals surface area contributed by atoms with E-state index < -0.39 is 5.79 Å². The van der Waals surface area contributed by atoms with E-state index in [9.17, 15) is 9.59 Å². The quantitative estimate of drug-likeness (QED) is 0.665. The third-order valence-corrected chi connectivity index (χ3v) is 4.33. The van der Waals surface area contributed by atoms with Crippen molar-refractivity contribution in [2.24, 2.45) is 0 Å². The van der Waals surface area contributed by atoms with Crippen molar-refractivity contribution in [3.8, 4) is 0 Å². The predicted molar refractivity (Wildman–Crippen MR) is 61.3 cm³/mol. The zero-order chi connectivity index (χ0) is 11.9. The van der Waals surface area contributed by atoms with Crippen molar-refractivity contribution >= 4 is 22.9 Å². The van der Waals surface area contributed by atoms with Gasteiger partial charge in [0, 0.05) is 12.8 Å². The van der Waals surface area contributed by atoms with Crippen molar-refractivity contribution in [2.45, 2.75) is 31.5 Å². The number of rotatable bonds is 0. The summed E-state index contributed by atoms with van der Waals surface area (Å²) < 4.78 is 11.2. The van der Waals surface area contributed by atoms with Crippen molar-refractivity contribution in [3.63, 3.8) is 0 Å². The number of carbonyl (C=O) groups excluding carboxylic acids is 2. The smallest absolute Gasteiger partial charge is 0.290 e. The molecule has 0 aromatic heterocycles. The Kier molecular flexibility index (Phi) is 2.72. The second-order valence-corrected chi connectivity index (χ2v) is 5.37. The summed E-state index contributed by atoms with van der Waals surface area (Å²) in [5, 5.41) is 2.02. The summed E-state index contributed by atoms with van der Waals surface area (Å²) in [6.07, 6.45) is 3.08. The van der Waals surface area contributed by atoms with Crippen molar-refractivity contribution in [1.82, 2.24) is 5.32 Å². The van der Waals surface area contributed by atoms with Crippen LogP contribution in [0, 0.1) is 0 Å². The van der Waals surface area contributed by atoms with E-state index in [2.05, 4.69) is 5.32 Å². The van der Waals surface area contributed by atoms with Crippen LogP contribution < -0.4 is 5.32 Å². The number of ether oxygens (including phenoxy) is 2. The molecule has 92 valence electrons. The highest BCUT2D eigenvalue weighted by Crippen LogP contribution is 2.41. The molecule has 0 radical (unpaired) electrons. The van der Waals surface area contributed by atoms with Gasteiger partial charge in [0.25, 0.3) is 11.1 Å². The van der Waals surface area contributed by atoms with E-state index in [0.717, 1.165) is 43.0 Å². The van der Waals surface area contributed by atoms with Crippen LogP contribution in [0.5, 0.6) is 0 Å². The number of hydrogen-bond donors (Lipinski definition) is 1. The maximum atomic E-state index is 11.5. The molecule has 1 N–H and O–H groups in total.